The van der Waals surface area contributed by atoms with Crippen LogP contribution in [0.3, 0.4) is 0 Å². The van der Waals surface area contributed by atoms with Crippen LogP contribution in [0.25, 0.3) is 0 Å². The lowest BCUT2D eigenvalue weighted by Gasteiger charge is -2.33. The summed E-state index contributed by atoms with van der Waals surface area (Å²) in [7, 11) is 0. The van der Waals surface area contributed by atoms with Crippen molar-refractivity contribution in [3.05, 3.63) is 75.4 Å². The molecule has 0 bridgehead atoms. The molecule has 0 saturated carbocycles. The minimum atomic E-state index is -4.51. The first-order valence-electron chi connectivity index (χ1n) is 8.96. The Hall–Kier alpha value is -2.52. The summed E-state index contributed by atoms with van der Waals surface area (Å²) in [5, 5.41) is 10.1. The quantitative estimate of drug-likeness (QED) is 0.450. The molecule has 1 aromatic heterocycles. The molecule has 1 aliphatic rings. The van der Waals surface area contributed by atoms with E-state index in [1.54, 1.807) is 48.5 Å². The molecule has 156 valence electrons. The Morgan fingerprint density at radius 3 is 2.47 bits per heavy atom. The van der Waals surface area contributed by atoms with Crippen molar-refractivity contribution in [3.8, 4) is 0 Å². The Balaban J connectivity index is 1.63. The van der Waals surface area contributed by atoms with Gasteiger partial charge in [0.05, 0.1) is 6.04 Å². The maximum Gasteiger partial charge on any atom is 0.410 e. The van der Waals surface area contributed by atoms with Crippen LogP contribution in [-0.4, -0.2) is 21.9 Å². The molecule has 0 aliphatic carbocycles. The molecule has 2 aromatic carbocycles. The van der Waals surface area contributed by atoms with Crippen molar-refractivity contribution >= 4 is 44.9 Å². The summed E-state index contributed by atoms with van der Waals surface area (Å²) in [6.07, 6.45) is -4.75. The Bertz CT molecular complexity index is 1070. The van der Waals surface area contributed by atoms with Gasteiger partial charge >= 0.3 is 6.18 Å². The van der Waals surface area contributed by atoms with Gasteiger partial charge in [0.2, 0.25) is 0 Å². The smallest absolute Gasteiger partial charge is 0.363 e. The van der Waals surface area contributed by atoms with E-state index in [-0.39, 0.29) is 17.9 Å². The Kier molecular flexibility index (Phi) is 5.50. The topological polar surface area (TPSA) is 59.0 Å². The standard InChI is InChI=1S/C20H15BrClF3N4O/c21-12-3-1-11(2-4-12)15-9-17(20(23,24)25)29-18(27-15)10-16(28-29)19(30)26-14-7-5-13(22)6-8-14/h1-8,10,15,17,27H,9H2,(H,26,30)/t15-,17-/m1/s1. The van der Waals surface area contributed by atoms with Crippen molar-refractivity contribution in [2.45, 2.75) is 24.7 Å². The maximum atomic E-state index is 13.8. The van der Waals surface area contributed by atoms with Gasteiger partial charge in [-0.1, -0.05) is 39.7 Å². The number of hydrogen-bond donors (Lipinski definition) is 2. The lowest BCUT2D eigenvalue weighted by Crippen LogP contribution is -2.35. The van der Waals surface area contributed by atoms with Gasteiger partial charge in [-0.3, -0.25) is 4.79 Å². The highest BCUT2D eigenvalue weighted by molar-refractivity contribution is 9.10. The second-order valence-corrected chi connectivity index (χ2v) is 8.21. The molecule has 2 N–H and O–H groups in total. The van der Waals surface area contributed by atoms with E-state index in [2.05, 4.69) is 31.7 Å². The highest BCUT2D eigenvalue weighted by Gasteiger charge is 2.46. The van der Waals surface area contributed by atoms with Crippen LogP contribution >= 0.6 is 27.5 Å². The van der Waals surface area contributed by atoms with Gasteiger partial charge in [0.15, 0.2) is 11.7 Å². The fraction of sp³-hybridized carbons (Fsp3) is 0.200. The van der Waals surface area contributed by atoms with Gasteiger partial charge in [0.25, 0.3) is 5.91 Å². The molecule has 1 amide bonds. The molecular weight excluding hydrogens is 485 g/mol. The van der Waals surface area contributed by atoms with Crippen molar-refractivity contribution in [1.29, 1.82) is 0 Å². The minimum absolute atomic E-state index is 0.113. The third-order valence-electron chi connectivity index (χ3n) is 4.80. The lowest BCUT2D eigenvalue weighted by molar-refractivity contribution is -0.173. The number of aromatic nitrogens is 2. The Labute approximate surface area is 183 Å². The molecule has 0 saturated heterocycles. The number of nitrogens with one attached hydrogen (secondary N) is 2. The van der Waals surface area contributed by atoms with E-state index in [4.69, 9.17) is 11.6 Å². The number of carbonyl (C=O) groups is 1. The lowest BCUT2D eigenvalue weighted by atomic mass is 9.97. The molecular formula is C20H15BrClF3N4O. The molecule has 30 heavy (non-hydrogen) atoms. The van der Waals surface area contributed by atoms with E-state index in [0.717, 1.165) is 9.15 Å². The van der Waals surface area contributed by atoms with Crippen LogP contribution in [0.2, 0.25) is 5.02 Å². The average molecular weight is 500 g/mol. The minimum Gasteiger partial charge on any atom is -0.363 e. The third kappa shape index (κ3) is 4.32. The van der Waals surface area contributed by atoms with Crippen LogP contribution in [0, 0.1) is 0 Å². The number of rotatable bonds is 3. The van der Waals surface area contributed by atoms with E-state index >= 15 is 0 Å². The first-order valence-corrected chi connectivity index (χ1v) is 10.1. The molecule has 0 spiro atoms. The van der Waals surface area contributed by atoms with Gasteiger partial charge in [0.1, 0.15) is 5.82 Å². The van der Waals surface area contributed by atoms with Crippen molar-refractivity contribution in [2.75, 3.05) is 10.6 Å². The van der Waals surface area contributed by atoms with E-state index in [1.807, 2.05) is 0 Å². The SMILES string of the molecule is O=C(Nc1ccc(Cl)cc1)c1cc2n(n1)[C@@H](C(F)(F)F)C[C@H](c1ccc(Br)cc1)N2. The molecule has 2 heterocycles. The molecule has 4 rings (SSSR count). The summed E-state index contributed by atoms with van der Waals surface area (Å²) in [5.74, 6) is -0.472. The van der Waals surface area contributed by atoms with Crippen LogP contribution in [0.4, 0.5) is 24.7 Å². The van der Waals surface area contributed by atoms with Crippen LogP contribution < -0.4 is 10.6 Å². The van der Waals surface area contributed by atoms with Gasteiger partial charge in [0, 0.05) is 27.7 Å². The predicted molar refractivity (Wildman–Crippen MR) is 112 cm³/mol. The molecule has 0 radical (unpaired) electrons. The van der Waals surface area contributed by atoms with E-state index < -0.39 is 24.2 Å². The molecule has 1 aliphatic heterocycles. The first kappa shape index (κ1) is 20.7. The van der Waals surface area contributed by atoms with Gasteiger partial charge in [-0.2, -0.15) is 18.3 Å². The molecule has 3 aromatic rings. The van der Waals surface area contributed by atoms with E-state index in [9.17, 15) is 18.0 Å². The van der Waals surface area contributed by atoms with Gasteiger partial charge in [-0.25, -0.2) is 4.68 Å². The highest BCUT2D eigenvalue weighted by Crippen LogP contribution is 2.43. The Morgan fingerprint density at radius 1 is 1.17 bits per heavy atom. The second kappa shape index (κ2) is 7.96. The van der Waals surface area contributed by atoms with Gasteiger partial charge < -0.3 is 10.6 Å². The molecule has 2 atom stereocenters. The summed E-state index contributed by atoms with van der Waals surface area (Å²) in [4.78, 5) is 12.5. The monoisotopic (exact) mass is 498 g/mol. The number of hydrogen-bond acceptors (Lipinski definition) is 3. The zero-order valence-corrected chi connectivity index (χ0v) is 17.6. The number of alkyl halides is 3. The number of amides is 1. The fourth-order valence-electron chi connectivity index (χ4n) is 3.33. The third-order valence-corrected chi connectivity index (χ3v) is 5.58. The maximum absolute atomic E-state index is 13.8. The van der Waals surface area contributed by atoms with Crippen molar-refractivity contribution in [2.24, 2.45) is 0 Å². The Morgan fingerprint density at radius 2 is 1.83 bits per heavy atom. The van der Waals surface area contributed by atoms with Crippen LogP contribution in [0.1, 0.15) is 34.6 Å². The number of carbonyl (C=O) groups excluding carboxylic acids is 1. The molecule has 0 unspecified atom stereocenters. The number of anilines is 2. The molecule has 5 nitrogen and oxygen atoms in total. The van der Waals surface area contributed by atoms with E-state index in [1.165, 1.54) is 6.07 Å². The normalized spacial score (nSPS) is 18.4. The van der Waals surface area contributed by atoms with Gasteiger partial charge in [-0.15, -0.1) is 0 Å². The number of nitrogens with zero attached hydrogens (tertiary/aromatic N) is 2. The fourth-order valence-corrected chi connectivity index (χ4v) is 3.72. The van der Waals surface area contributed by atoms with Crippen LogP contribution in [0.5, 0.6) is 0 Å². The molecule has 10 heteroatoms. The molecule has 0 fully saturated rings. The number of benzene rings is 2. The zero-order chi connectivity index (χ0) is 21.5. The number of halogens is 5. The van der Waals surface area contributed by atoms with Crippen molar-refractivity contribution < 1.29 is 18.0 Å². The van der Waals surface area contributed by atoms with Crippen molar-refractivity contribution in [3.63, 3.8) is 0 Å². The van der Waals surface area contributed by atoms with Gasteiger partial charge in [-0.05, 0) is 42.0 Å². The van der Waals surface area contributed by atoms with E-state index in [0.29, 0.717) is 16.3 Å². The predicted octanol–water partition coefficient (Wildman–Crippen LogP) is 6.21. The summed E-state index contributed by atoms with van der Waals surface area (Å²) in [5.41, 5.74) is 1.06. The van der Waals surface area contributed by atoms with Crippen LogP contribution in [-0.2, 0) is 0 Å². The highest BCUT2D eigenvalue weighted by atomic mass is 79.9. The zero-order valence-electron chi connectivity index (χ0n) is 15.3. The summed E-state index contributed by atoms with van der Waals surface area (Å²) in [6, 6.07) is 12.4. The summed E-state index contributed by atoms with van der Waals surface area (Å²) in [6.45, 7) is 0. The van der Waals surface area contributed by atoms with Crippen LogP contribution in [0.15, 0.2) is 59.1 Å². The summed E-state index contributed by atoms with van der Waals surface area (Å²) < 4.78 is 43.0. The second-order valence-electron chi connectivity index (χ2n) is 6.86. The first-order chi connectivity index (χ1) is 14.2. The number of fused-ring (bicyclic) bond motifs is 1. The largest absolute Gasteiger partial charge is 0.410 e. The van der Waals surface area contributed by atoms with Crippen molar-refractivity contribution in [1.82, 2.24) is 9.78 Å². The average Bonchev–Trinajstić information content (AvgIpc) is 3.13. The summed E-state index contributed by atoms with van der Waals surface area (Å²) >= 11 is 9.14.